The molecule has 0 saturated heterocycles. The lowest BCUT2D eigenvalue weighted by Gasteiger charge is -2.21. The number of aromatic nitrogens is 2. The van der Waals surface area contributed by atoms with Crippen LogP contribution in [0.4, 0.5) is 0 Å². The number of carboxylic acid groups (broad SMARTS) is 1. The fourth-order valence-corrected chi connectivity index (χ4v) is 4.37. The molecule has 0 aromatic carbocycles. The van der Waals surface area contributed by atoms with Crippen LogP contribution in [0, 0.1) is 17.2 Å². The molecular weight excluding hydrogens is 382 g/mol. The summed E-state index contributed by atoms with van der Waals surface area (Å²) in [6, 6.07) is 5.46. The molecule has 2 aromatic heterocycles. The molecule has 0 atom stereocenters. The molecule has 2 aliphatic carbocycles. The second-order valence-electron chi connectivity index (χ2n) is 8.18. The van der Waals surface area contributed by atoms with Crippen molar-refractivity contribution in [3.05, 3.63) is 29.6 Å². The first-order valence-corrected chi connectivity index (χ1v) is 10.8. The van der Waals surface area contributed by atoms with Crippen LogP contribution in [0.25, 0.3) is 11.7 Å². The number of hydrogen-bond acceptors (Lipinski definition) is 5. The van der Waals surface area contributed by atoms with Crippen LogP contribution in [0.1, 0.15) is 63.5 Å². The molecule has 2 aliphatic rings. The molecule has 30 heavy (non-hydrogen) atoms. The second kappa shape index (κ2) is 9.21. The number of ether oxygens (including phenoxy) is 2. The van der Waals surface area contributed by atoms with Crippen molar-refractivity contribution in [1.29, 1.82) is 5.26 Å². The molecule has 7 nitrogen and oxygen atoms in total. The molecule has 0 aliphatic heterocycles. The highest BCUT2D eigenvalue weighted by Crippen LogP contribution is 2.32. The van der Waals surface area contributed by atoms with Gasteiger partial charge in [0.1, 0.15) is 23.4 Å². The highest BCUT2D eigenvalue weighted by molar-refractivity contribution is 5.96. The third-order valence-electron chi connectivity index (χ3n) is 6.03. The SMILES string of the molecule is N#CC(=Cc1c(OC2CCCC2)nc2c(OCC3CCCCC3)cccn12)C(=O)O. The first kappa shape index (κ1) is 20.3. The molecule has 7 heteroatoms. The average molecular weight is 409 g/mol. The summed E-state index contributed by atoms with van der Waals surface area (Å²) in [6.45, 7) is 0.648. The Morgan fingerprint density at radius 1 is 1.23 bits per heavy atom. The van der Waals surface area contributed by atoms with Crippen LogP contribution in [-0.4, -0.2) is 33.2 Å². The molecular formula is C23H27N3O4. The van der Waals surface area contributed by atoms with Gasteiger partial charge in [-0.05, 0) is 62.7 Å². The van der Waals surface area contributed by atoms with Crippen molar-refractivity contribution in [2.75, 3.05) is 6.61 Å². The number of fused-ring (bicyclic) bond motifs is 1. The van der Waals surface area contributed by atoms with Gasteiger partial charge in [-0.15, -0.1) is 0 Å². The van der Waals surface area contributed by atoms with E-state index in [2.05, 4.69) is 4.98 Å². The first-order valence-electron chi connectivity index (χ1n) is 10.8. The van der Waals surface area contributed by atoms with E-state index in [4.69, 9.17) is 9.47 Å². The predicted octanol–water partition coefficient (Wildman–Crippen LogP) is 4.61. The van der Waals surface area contributed by atoms with Crippen molar-refractivity contribution >= 4 is 17.7 Å². The van der Waals surface area contributed by atoms with Gasteiger partial charge in [0.15, 0.2) is 11.4 Å². The average Bonchev–Trinajstić information content (AvgIpc) is 3.39. The number of aliphatic carboxylic acids is 1. The minimum absolute atomic E-state index is 0.0593. The molecule has 0 radical (unpaired) electrons. The van der Waals surface area contributed by atoms with Gasteiger partial charge in [-0.25, -0.2) is 4.79 Å². The summed E-state index contributed by atoms with van der Waals surface area (Å²) in [5, 5.41) is 18.5. The van der Waals surface area contributed by atoms with Gasteiger partial charge in [0.2, 0.25) is 5.88 Å². The van der Waals surface area contributed by atoms with Crippen LogP contribution in [0.5, 0.6) is 11.6 Å². The lowest BCUT2D eigenvalue weighted by Crippen LogP contribution is -2.15. The third-order valence-corrected chi connectivity index (χ3v) is 6.03. The summed E-state index contributed by atoms with van der Waals surface area (Å²) in [5.74, 6) is 0.279. The van der Waals surface area contributed by atoms with Crippen molar-refractivity contribution in [2.45, 2.75) is 63.9 Å². The summed E-state index contributed by atoms with van der Waals surface area (Å²) >= 11 is 0. The largest absolute Gasteiger partial charge is 0.489 e. The minimum Gasteiger partial charge on any atom is -0.489 e. The summed E-state index contributed by atoms with van der Waals surface area (Å²) in [5.41, 5.74) is 0.677. The van der Waals surface area contributed by atoms with Crippen molar-refractivity contribution in [2.24, 2.45) is 5.92 Å². The van der Waals surface area contributed by atoms with E-state index in [0.29, 0.717) is 35.5 Å². The van der Waals surface area contributed by atoms with Crippen molar-refractivity contribution in [3.8, 4) is 17.7 Å². The molecule has 0 unspecified atom stereocenters. The Labute approximate surface area is 175 Å². The maximum absolute atomic E-state index is 11.4. The number of hydrogen-bond donors (Lipinski definition) is 1. The van der Waals surface area contributed by atoms with Gasteiger partial charge in [0, 0.05) is 6.20 Å². The van der Waals surface area contributed by atoms with Crippen LogP contribution in [-0.2, 0) is 4.79 Å². The molecule has 2 saturated carbocycles. The van der Waals surface area contributed by atoms with Gasteiger partial charge >= 0.3 is 5.97 Å². The summed E-state index contributed by atoms with van der Waals surface area (Å²) in [4.78, 5) is 16.1. The number of rotatable bonds is 7. The standard InChI is InChI=1S/C23H27N3O4/c24-14-17(23(27)28)13-19-22(30-18-9-4-5-10-18)25-21-20(11-6-12-26(19)21)29-15-16-7-2-1-3-8-16/h6,11-13,16,18H,1-5,7-10,15H2,(H,27,28). The summed E-state index contributed by atoms with van der Waals surface area (Å²) in [6.07, 6.45) is 13.5. The fourth-order valence-electron chi connectivity index (χ4n) is 4.37. The molecule has 1 N–H and O–H groups in total. The van der Waals surface area contributed by atoms with E-state index >= 15 is 0 Å². The van der Waals surface area contributed by atoms with E-state index < -0.39 is 5.97 Å². The highest BCUT2D eigenvalue weighted by Gasteiger charge is 2.23. The smallest absolute Gasteiger partial charge is 0.346 e. The lowest BCUT2D eigenvalue weighted by molar-refractivity contribution is -0.132. The predicted molar refractivity (Wildman–Crippen MR) is 111 cm³/mol. The molecule has 158 valence electrons. The van der Waals surface area contributed by atoms with Gasteiger partial charge in [0.25, 0.3) is 0 Å². The normalized spacial score (nSPS) is 18.4. The number of pyridine rings is 1. The minimum atomic E-state index is -1.27. The number of nitriles is 1. The van der Waals surface area contributed by atoms with E-state index in [1.54, 1.807) is 16.7 Å². The van der Waals surface area contributed by atoms with Gasteiger partial charge in [-0.3, -0.25) is 4.40 Å². The van der Waals surface area contributed by atoms with Gasteiger partial charge in [-0.2, -0.15) is 10.2 Å². The fraction of sp³-hybridized carbons (Fsp3) is 0.522. The third kappa shape index (κ3) is 4.43. The Morgan fingerprint density at radius 2 is 1.97 bits per heavy atom. The van der Waals surface area contributed by atoms with Crippen LogP contribution >= 0.6 is 0 Å². The van der Waals surface area contributed by atoms with Crippen LogP contribution in [0.2, 0.25) is 0 Å². The van der Waals surface area contributed by atoms with Gasteiger partial charge in [0.05, 0.1) is 6.61 Å². The van der Waals surface area contributed by atoms with Crippen LogP contribution in [0.15, 0.2) is 23.9 Å². The second-order valence-corrected chi connectivity index (χ2v) is 8.18. The van der Waals surface area contributed by atoms with Crippen LogP contribution < -0.4 is 9.47 Å². The maximum Gasteiger partial charge on any atom is 0.346 e. The Balaban J connectivity index is 1.69. The van der Waals surface area contributed by atoms with E-state index in [0.717, 1.165) is 25.7 Å². The first-order chi connectivity index (χ1) is 14.7. The van der Waals surface area contributed by atoms with Gasteiger partial charge < -0.3 is 14.6 Å². The number of carboxylic acids is 1. The van der Waals surface area contributed by atoms with Crippen LogP contribution in [0.3, 0.4) is 0 Å². The Bertz CT molecular complexity index is 976. The van der Waals surface area contributed by atoms with Crippen molar-refractivity contribution < 1.29 is 19.4 Å². The molecule has 0 bridgehead atoms. The zero-order valence-electron chi connectivity index (χ0n) is 17.0. The zero-order valence-corrected chi connectivity index (χ0v) is 17.0. The number of imidazole rings is 1. The topological polar surface area (TPSA) is 96.9 Å². The summed E-state index contributed by atoms with van der Waals surface area (Å²) in [7, 11) is 0. The van der Waals surface area contributed by atoms with E-state index in [9.17, 15) is 15.2 Å². The Kier molecular flexibility index (Phi) is 6.22. The van der Waals surface area contributed by atoms with E-state index in [1.165, 1.54) is 38.2 Å². The molecule has 4 rings (SSSR count). The van der Waals surface area contributed by atoms with Gasteiger partial charge in [-0.1, -0.05) is 19.3 Å². The molecule has 0 spiro atoms. The molecule has 2 fully saturated rings. The monoisotopic (exact) mass is 409 g/mol. The molecule has 0 amide bonds. The number of nitrogens with zero attached hydrogens (tertiary/aromatic N) is 3. The van der Waals surface area contributed by atoms with Crippen molar-refractivity contribution in [1.82, 2.24) is 9.38 Å². The Hall–Kier alpha value is -3.01. The quantitative estimate of drug-likeness (QED) is 0.530. The zero-order chi connectivity index (χ0) is 20.9. The van der Waals surface area contributed by atoms with E-state index in [1.807, 2.05) is 12.1 Å². The molecule has 2 heterocycles. The van der Waals surface area contributed by atoms with Crippen molar-refractivity contribution in [3.63, 3.8) is 0 Å². The van der Waals surface area contributed by atoms with E-state index in [-0.39, 0.29) is 11.7 Å². The highest BCUT2D eigenvalue weighted by atomic mass is 16.5. The number of carbonyl (C=O) groups is 1. The summed E-state index contributed by atoms with van der Waals surface area (Å²) < 4.78 is 14.0. The lowest BCUT2D eigenvalue weighted by atomic mass is 9.90. The Morgan fingerprint density at radius 3 is 2.67 bits per heavy atom. The maximum atomic E-state index is 11.4. The molecule has 2 aromatic rings.